The van der Waals surface area contributed by atoms with E-state index in [1.165, 1.54) is 24.9 Å². The number of rotatable bonds is 5. The number of hydrogen-bond donors (Lipinski definition) is 1. The van der Waals surface area contributed by atoms with Crippen LogP contribution in [0, 0.1) is 6.92 Å². The van der Waals surface area contributed by atoms with E-state index < -0.39 is 0 Å². The molecule has 1 aliphatic rings. The fraction of sp³-hybridized carbons (Fsp3) is 0.600. The summed E-state index contributed by atoms with van der Waals surface area (Å²) in [5.74, 6) is 0.957. The van der Waals surface area contributed by atoms with Crippen molar-refractivity contribution in [3.8, 4) is 5.75 Å². The fourth-order valence-corrected chi connectivity index (χ4v) is 2.61. The number of likely N-dealkylation sites (tertiary alicyclic amines) is 1. The highest BCUT2D eigenvalue weighted by atomic mass is 16.5. The van der Waals surface area contributed by atoms with Gasteiger partial charge in [-0.1, -0.05) is 12.1 Å². The molecule has 1 aromatic carbocycles. The van der Waals surface area contributed by atoms with E-state index >= 15 is 0 Å². The average molecular weight is 248 g/mol. The van der Waals surface area contributed by atoms with Gasteiger partial charge in [0.2, 0.25) is 0 Å². The lowest BCUT2D eigenvalue weighted by Crippen LogP contribution is -2.26. The Hall–Kier alpha value is -1.06. The van der Waals surface area contributed by atoms with Crippen molar-refractivity contribution in [1.82, 2.24) is 4.90 Å². The molecule has 18 heavy (non-hydrogen) atoms. The molecular formula is C15H24N2O. The topological polar surface area (TPSA) is 38.5 Å². The molecular weight excluding hydrogens is 224 g/mol. The maximum atomic E-state index is 5.91. The predicted molar refractivity (Wildman–Crippen MR) is 74.8 cm³/mol. The smallest absolute Gasteiger partial charge is 0.124 e. The first-order valence-electron chi connectivity index (χ1n) is 6.83. The first-order valence-corrected chi connectivity index (χ1v) is 6.83. The summed E-state index contributed by atoms with van der Waals surface area (Å²) in [6.07, 6.45) is 3.73. The Kier molecular flexibility index (Phi) is 4.61. The second-order valence-electron chi connectivity index (χ2n) is 5.23. The molecule has 0 spiro atoms. The molecule has 1 saturated heterocycles. The van der Waals surface area contributed by atoms with Crippen LogP contribution in [0.25, 0.3) is 0 Å². The van der Waals surface area contributed by atoms with E-state index in [0.29, 0.717) is 12.6 Å². The van der Waals surface area contributed by atoms with Crippen LogP contribution < -0.4 is 10.5 Å². The molecule has 1 aliphatic heterocycles. The van der Waals surface area contributed by atoms with E-state index in [0.717, 1.165) is 24.3 Å². The van der Waals surface area contributed by atoms with Crippen molar-refractivity contribution in [2.75, 3.05) is 20.2 Å². The van der Waals surface area contributed by atoms with E-state index in [2.05, 4.69) is 37.1 Å². The number of hydrogen-bond acceptors (Lipinski definition) is 3. The molecule has 1 atom stereocenters. The molecule has 2 rings (SSSR count). The van der Waals surface area contributed by atoms with Crippen molar-refractivity contribution in [1.29, 1.82) is 0 Å². The molecule has 3 heteroatoms. The van der Waals surface area contributed by atoms with Crippen LogP contribution in [0.5, 0.6) is 5.75 Å². The Balaban J connectivity index is 1.87. The largest absolute Gasteiger partial charge is 0.493 e. The zero-order valence-corrected chi connectivity index (χ0v) is 11.5. The SMILES string of the molecule is Cc1ccc(CN)c(OCCC2CCCN2C)c1. The third-order valence-electron chi connectivity index (χ3n) is 3.82. The zero-order valence-electron chi connectivity index (χ0n) is 11.5. The molecule has 0 aliphatic carbocycles. The van der Waals surface area contributed by atoms with Crippen molar-refractivity contribution in [3.63, 3.8) is 0 Å². The number of benzene rings is 1. The van der Waals surface area contributed by atoms with Crippen LogP contribution in [0.3, 0.4) is 0 Å². The quantitative estimate of drug-likeness (QED) is 0.869. The minimum Gasteiger partial charge on any atom is -0.493 e. The lowest BCUT2D eigenvalue weighted by molar-refractivity contribution is 0.232. The number of aryl methyl sites for hydroxylation is 1. The van der Waals surface area contributed by atoms with Crippen molar-refractivity contribution < 1.29 is 4.74 Å². The van der Waals surface area contributed by atoms with E-state index in [-0.39, 0.29) is 0 Å². The molecule has 100 valence electrons. The highest BCUT2D eigenvalue weighted by Gasteiger charge is 2.20. The van der Waals surface area contributed by atoms with E-state index in [1.807, 2.05) is 0 Å². The maximum Gasteiger partial charge on any atom is 0.124 e. The Morgan fingerprint density at radius 1 is 1.44 bits per heavy atom. The van der Waals surface area contributed by atoms with Crippen molar-refractivity contribution in [2.45, 2.75) is 38.8 Å². The highest BCUT2D eigenvalue weighted by Crippen LogP contribution is 2.22. The van der Waals surface area contributed by atoms with Gasteiger partial charge >= 0.3 is 0 Å². The van der Waals surface area contributed by atoms with Gasteiger partial charge < -0.3 is 15.4 Å². The molecule has 0 amide bonds. The van der Waals surface area contributed by atoms with Crippen LogP contribution >= 0.6 is 0 Å². The molecule has 1 fully saturated rings. The third kappa shape index (κ3) is 3.24. The Morgan fingerprint density at radius 3 is 2.94 bits per heavy atom. The molecule has 0 radical (unpaired) electrons. The summed E-state index contributed by atoms with van der Waals surface area (Å²) >= 11 is 0. The van der Waals surface area contributed by atoms with Crippen LogP contribution in [0.1, 0.15) is 30.4 Å². The normalized spacial score (nSPS) is 20.3. The summed E-state index contributed by atoms with van der Waals surface area (Å²) < 4.78 is 5.91. The van der Waals surface area contributed by atoms with Crippen molar-refractivity contribution in [2.24, 2.45) is 5.73 Å². The molecule has 0 bridgehead atoms. The van der Waals surface area contributed by atoms with Crippen molar-refractivity contribution in [3.05, 3.63) is 29.3 Å². The fourth-order valence-electron chi connectivity index (χ4n) is 2.61. The van der Waals surface area contributed by atoms with E-state index in [4.69, 9.17) is 10.5 Å². The highest BCUT2D eigenvalue weighted by molar-refractivity contribution is 5.36. The number of nitrogens with zero attached hydrogens (tertiary/aromatic N) is 1. The van der Waals surface area contributed by atoms with Crippen LogP contribution in [0.4, 0.5) is 0 Å². The summed E-state index contributed by atoms with van der Waals surface area (Å²) in [7, 11) is 2.20. The zero-order chi connectivity index (χ0) is 13.0. The maximum absolute atomic E-state index is 5.91. The van der Waals surface area contributed by atoms with Gasteiger partial charge in [-0.2, -0.15) is 0 Å². The van der Waals surface area contributed by atoms with Gasteiger partial charge in [-0.05, 0) is 51.4 Å². The van der Waals surface area contributed by atoms with Gasteiger partial charge in [0.15, 0.2) is 0 Å². The van der Waals surface area contributed by atoms with Gasteiger partial charge in [0.1, 0.15) is 5.75 Å². The van der Waals surface area contributed by atoms with Crippen LogP contribution in [0.2, 0.25) is 0 Å². The molecule has 3 nitrogen and oxygen atoms in total. The van der Waals surface area contributed by atoms with Gasteiger partial charge in [0.25, 0.3) is 0 Å². The van der Waals surface area contributed by atoms with Gasteiger partial charge in [-0.3, -0.25) is 0 Å². The average Bonchev–Trinajstić information content (AvgIpc) is 2.76. The monoisotopic (exact) mass is 248 g/mol. The molecule has 0 saturated carbocycles. The lowest BCUT2D eigenvalue weighted by Gasteiger charge is -2.20. The Labute approximate surface area is 110 Å². The molecule has 1 aromatic rings. The minimum absolute atomic E-state index is 0.541. The summed E-state index contributed by atoms with van der Waals surface area (Å²) in [5, 5.41) is 0. The predicted octanol–water partition coefficient (Wildman–Crippen LogP) is 2.32. The van der Waals surface area contributed by atoms with Gasteiger partial charge in [0, 0.05) is 18.2 Å². The lowest BCUT2D eigenvalue weighted by atomic mass is 10.1. The minimum atomic E-state index is 0.541. The van der Waals surface area contributed by atoms with Gasteiger partial charge in [-0.25, -0.2) is 0 Å². The standard InChI is InChI=1S/C15H24N2O/c1-12-5-6-13(11-16)15(10-12)18-9-7-14-4-3-8-17(14)2/h5-6,10,14H,3-4,7-9,11,16H2,1-2H3. The summed E-state index contributed by atoms with van der Waals surface area (Å²) in [4.78, 5) is 2.43. The van der Waals surface area contributed by atoms with Crippen molar-refractivity contribution >= 4 is 0 Å². The van der Waals surface area contributed by atoms with E-state index in [9.17, 15) is 0 Å². The van der Waals surface area contributed by atoms with E-state index in [1.54, 1.807) is 0 Å². The van der Waals surface area contributed by atoms with Gasteiger partial charge in [0.05, 0.1) is 6.61 Å². The molecule has 1 unspecified atom stereocenters. The van der Waals surface area contributed by atoms with Gasteiger partial charge in [-0.15, -0.1) is 0 Å². The summed E-state index contributed by atoms with van der Waals surface area (Å²) in [5.41, 5.74) is 8.05. The van der Waals surface area contributed by atoms with Crippen LogP contribution in [-0.2, 0) is 6.54 Å². The Bertz CT molecular complexity index is 392. The summed E-state index contributed by atoms with van der Waals surface area (Å²) in [6.45, 7) is 4.63. The Morgan fingerprint density at radius 2 is 2.28 bits per heavy atom. The molecule has 1 heterocycles. The first kappa shape index (κ1) is 13.4. The second-order valence-corrected chi connectivity index (χ2v) is 5.23. The number of nitrogens with two attached hydrogens (primary N) is 1. The first-order chi connectivity index (χ1) is 8.70. The third-order valence-corrected chi connectivity index (χ3v) is 3.82. The molecule has 2 N–H and O–H groups in total. The second kappa shape index (κ2) is 6.21. The summed E-state index contributed by atoms with van der Waals surface area (Å²) in [6, 6.07) is 6.92. The molecule has 0 aromatic heterocycles. The van der Waals surface area contributed by atoms with Crippen LogP contribution in [0.15, 0.2) is 18.2 Å². The van der Waals surface area contributed by atoms with Crippen LogP contribution in [-0.4, -0.2) is 31.1 Å². The number of ether oxygens (including phenoxy) is 1.